The molecule has 32 heavy (non-hydrogen) atoms. The van der Waals surface area contributed by atoms with E-state index in [1.165, 1.54) is 6.42 Å². The van der Waals surface area contributed by atoms with Crippen LogP contribution in [-0.2, 0) is 0 Å². The molecule has 0 saturated carbocycles. The maximum Gasteiger partial charge on any atom is 0.196 e. The Hall–Kier alpha value is -3.60. The van der Waals surface area contributed by atoms with E-state index >= 15 is 0 Å². The van der Waals surface area contributed by atoms with Crippen LogP contribution < -0.4 is 10.2 Å². The number of anilines is 3. The fraction of sp³-hybridized carbons (Fsp3) is 0.259. The molecule has 0 bridgehead atoms. The summed E-state index contributed by atoms with van der Waals surface area (Å²) in [6, 6.07) is 18.4. The second kappa shape index (κ2) is 7.23. The highest BCUT2D eigenvalue weighted by molar-refractivity contribution is 6.28. The molecule has 0 unspecified atom stereocenters. The predicted molar refractivity (Wildman–Crippen MR) is 128 cm³/mol. The van der Waals surface area contributed by atoms with Crippen LogP contribution in [0.1, 0.15) is 47.7 Å². The number of fused-ring (bicyclic) bond motifs is 2. The Kier molecular flexibility index (Phi) is 4.32. The lowest BCUT2D eigenvalue weighted by Crippen LogP contribution is -2.37. The maximum atomic E-state index is 13.7. The van der Waals surface area contributed by atoms with Gasteiger partial charge in [-0.3, -0.25) is 4.79 Å². The van der Waals surface area contributed by atoms with Gasteiger partial charge in [-0.25, -0.2) is 0 Å². The fourth-order valence-corrected chi connectivity index (χ4v) is 5.19. The van der Waals surface area contributed by atoms with Crippen LogP contribution in [0.15, 0.2) is 59.1 Å². The molecule has 1 aromatic heterocycles. The van der Waals surface area contributed by atoms with Gasteiger partial charge in [-0.1, -0.05) is 41.6 Å². The van der Waals surface area contributed by atoms with E-state index in [2.05, 4.69) is 47.4 Å². The van der Waals surface area contributed by atoms with Gasteiger partial charge in [0.25, 0.3) is 0 Å². The number of carbonyl (C=O) groups is 1. The number of piperidine rings is 1. The lowest BCUT2D eigenvalue weighted by atomic mass is 9.86. The average molecular weight is 424 g/mol. The van der Waals surface area contributed by atoms with E-state index in [4.69, 9.17) is 4.52 Å². The molecule has 0 spiro atoms. The highest BCUT2D eigenvalue weighted by atomic mass is 16.5. The lowest BCUT2D eigenvalue weighted by molar-refractivity contribution is 0.104. The van der Waals surface area contributed by atoms with Crippen molar-refractivity contribution in [2.45, 2.75) is 39.2 Å². The number of carbonyl (C=O) groups excluding carboxylic acids is 1. The molecular weight excluding hydrogens is 398 g/mol. The van der Waals surface area contributed by atoms with Crippen LogP contribution in [0.2, 0.25) is 0 Å². The summed E-state index contributed by atoms with van der Waals surface area (Å²) in [4.78, 5) is 16.1. The normalized spacial score (nSPS) is 17.5. The first-order chi connectivity index (χ1) is 15.6. The molecule has 3 aromatic carbocycles. The smallest absolute Gasteiger partial charge is 0.196 e. The Morgan fingerprint density at radius 2 is 1.91 bits per heavy atom. The Bertz CT molecular complexity index is 1370. The van der Waals surface area contributed by atoms with E-state index in [0.717, 1.165) is 58.5 Å². The molecule has 1 atom stereocenters. The fourth-order valence-electron chi connectivity index (χ4n) is 5.19. The monoisotopic (exact) mass is 423 g/mol. The quantitative estimate of drug-likeness (QED) is 0.360. The first-order valence-electron chi connectivity index (χ1n) is 11.3. The number of nitrogens with zero attached hydrogens (tertiary/aromatic N) is 2. The van der Waals surface area contributed by atoms with Crippen molar-refractivity contribution in [1.82, 2.24) is 5.16 Å². The minimum absolute atomic E-state index is 0.00898. The average Bonchev–Trinajstić information content (AvgIpc) is 3.24. The Labute approximate surface area is 187 Å². The van der Waals surface area contributed by atoms with Crippen LogP contribution in [0, 0.1) is 6.92 Å². The Balaban J connectivity index is 1.63. The van der Waals surface area contributed by atoms with Crippen molar-refractivity contribution in [3.8, 4) is 11.3 Å². The summed E-state index contributed by atoms with van der Waals surface area (Å²) in [6.45, 7) is 5.31. The molecule has 6 rings (SSSR count). The number of nitrogens with one attached hydrogen (secondary N) is 1. The molecule has 160 valence electrons. The Morgan fingerprint density at radius 1 is 1.06 bits per heavy atom. The van der Waals surface area contributed by atoms with E-state index in [0.29, 0.717) is 22.9 Å². The van der Waals surface area contributed by atoms with Crippen LogP contribution in [0.5, 0.6) is 0 Å². The summed E-state index contributed by atoms with van der Waals surface area (Å²) in [5.41, 5.74) is 6.86. The third kappa shape index (κ3) is 2.84. The zero-order valence-corrected chi connectivity index (χ0v) is 18.3. The van der Waals surface area contributed by atoms with Crippen LogP contribution in [0.25, 0.3) is 22.2 Å². The molecule has 2 aliphatic rings. The van der Waals surface area contributed by atoms with E-state index in [1.807, 2.05) is 36.4 Å². The molecule has 5 heteroatoms. The number of hydrogen-bond acceptors (Lipinski definition) is 5. The van der Waals surface area contributed by atoms with Gasteiger partial charge in [-0.15, -0.1) is 0 Å². The van der Waals surface area contributed by atoms with Gasteiger partial charge in [0.15, 0.2) is 11.5 Å². The third-order valence-electron chi connectivity index (χ3n) is 6.79. The van der Waals surface area contributed by atoms with E-state index in [1.54, 1.807) is 0 Å². The van der Waals surface area contributed by atoms with E-state index in [9.17, 15) is 4.79 Å². The summed E-state index contributed by atoms with van der Waals surface area (Å²) in [5.74, 6) is 0.693. The molecule has 0 amide bonds. The second-order valence-electron chi connectivity index (χ2n) is 8.96. The molecule has 1 fully saturated rings. The van der Waals surface area contributed by atoms with E-state index in [-0.39, 0.29) is 5.78 Å². The number of benzene rings is 3. The summed E-state index contributed by atoms with van der Waals surface area (Å²) >= 11 is 0. The molecule has 2 heterocycles. The first kappa shape index (κ1) is 19.1. The molecule has 5 nitrogen and oxygen atoms in total. The molecule has 4 aromatic rings. The van der Waals surface area contributed by atoms with Gasteiger partial charge in [0.05, 0.1) is 22.3 Å². The van der Waals surface area contributed by atoms with Gasteiger partial charge >= 0.3 is 0 Å². The molecule has 1 aliphatic heterocycles. The Morgan fingerprint density at radius 3 is 2.72 bits per heavy atom. The lowest BCUT2D eigenvalue weighted by Gasteiger charge is -2.36. The summed E-state index contributed by atoms with van der Waals surface area (Å²) < 4.78 is 5.91. The predicted octanol–water partition coefficient (Wildman–Crippen LogP) is 6.47. The number of rotatable bonds is 3. The molecule has 1 N–H and O–H groups in total. The minimum atomic E-state index is 0.00898. The largest absolute Gasteiger partial charge is 0.367 e. The van der Waals surface area contributed by atoms with E-state index < -0.39 is 0 Å². The van der Waals surface area contributed by atoms with Gasteiger partial charge in [-0.2, -0.15) is 0 Å². The molecular formula is C27H25N3O2. The molecule has 0 radical (unpaired) electrons. The maximum absolute atomic E-state index is 13.7. The van der Waals surface area contributed by atoms with Crippen molar-refractivity contribution in [3.05, 3.63) is 71.3 Å². The molecule has 1 aliphatic carbocycles. The van der Waals surface area contributed by atoms with Gasteiger partial charge in [0.1, 0.15) is 5.52 Å². The van der Waals surface area contributed by atoms with Gasteiger partial charge in [-0.05, 0) is 56.9 Å². The van der Waals surface area contributed by atoms with Crippen LogP contribution in [0.4, 0.5) is 17.1 Å². The number of aromatic nitrogens is 1. The number of hydrogen-bond donors (Lipinski definition) is 1. The van der Waals surface area contributed by atoms with Crippen LogP contribution >= 0.6 is 0 Å². The highest BCUT2D eigenvalue weighted by Crippen LogP contribution is 2.47. The third-order valence-corrected chi connectivity index (χ3v) is 6.79. The van der Waals surface area contributed by atoms with Gasteiger partial charge in [0, 0.05) is 29.4 Å². The summed E-state index contributed by atoms with van der Waals surface area (Å²) in [6.07, 6.45) is 3.54. The minimum Gasteiger partial charge on any atom is -0.367 e. The van der Waals surface area contributed by atoms with Crippen molar-refractivity contribution in [2.24, 2.45) is 0 Å². The van der Waals surface area contributed by atoms with Crippen molar-refractivity contribution < 1.29 is 9.32 Å². The topological polar surface area (TPSA) is 58.4 Å². The van der Waals surface area contributed by atoms with Gasteiger partial charge < -0.3 is 14.7 Å². The SMILES string of the molecule is Cc1cccc(Nc2cc(N3CCCC[C@@H]3C)c3noc4c3c2C(=O)c2ccccc2-4)c1. The molecule has 1 saturated heterocycles. The first-order valence-corrected chi connectivity index (χ1v) is 11.3. The van der Waals surface area contributed by atoms with Crippen molar-refractivity contribution in [1.29, 1.82) is 0 Å². The standard InChI is InChI=1S/C27H25N3O2/c1-16-8-7-10-18(14-16)28-21-15-22(30-13-6-5-9-17(30)2)25-24-23(21)26(31)19-11-3-4-12-20(19)27(24)32-29-25/h3-4,7-8,10-12,14-15,17,28H,5-6,9,13H2,1-2H3/t17-/m0/s1. The van der Waals surface area contributed by atoms with Crippen molar-refractivity contribution in [2.75, 3.05) is 16.8 Å². The van der Waals surface area contributed by atoms with Crippen LogP contribution in [0.3, 0.4) is 0 Å². The number of aryl methyl sites for hydroxylation is 1. The van der Waals surface area contributed by atoms with Gasteiger partial charge in [0.2, 0.25) is 0 Å². The van der Waals surface area contributed by atoms with Crippen molar-refractivity contribution >= 4 is 33.7 Å². The van der Waals surface area contributed by atoms with Crippen LogP contribution in [-0.4, -0.2) is 23.5 Å². The second-order valence-corrected chi connectivity index (χ2v) is 8.96. The van der Waals surface area contributed by atoms with Crippen molar-refractivity contribution in [3.63, 3.8) is 0 Å². The highest BCUT2D eigenvalue weighted by Gasteiger charge is 2.34. The zero-order chi connectivity index (χ0) is 21.8. The summed E-state index contributed by atoms with van der Waals surface area (Å²) in [7, 11) is 0. The zero-order valence-electron chi connectivity index (χ0n) is 18.3. The number of ketones is 1. The summed E-state index contributed by atoms with van der Waals surface area (Å²) in [5, 5.41) is 8.86.